The molecule has 4 aromatic rings. The van der Waals surface area contributed by atoms with E-state index in [-0.39, 0.29) is 24.4 Å². The fraction of sp³-hybridized carbons (Fsp3) is 0.231. The van der Waals surface area contributed by atoms with Gasteiger partial charge in [-0.2, -0.15) is 0 Å². The van der Waals surface area contributed by atoms with Crippen LogP contribution in [0.2, 0.25) is 0 Å². The molecule has 3 aromatic carbocycles. The number of carbonyl (C=O) groups excluding carboxylic acids is 1. The van der Waals surface area contributed by atoms with Gasteiger partial charge in [-0.15, -0.1) is 0 Å². The number of halogens is 1. The van der Waals surface area contributed by atoms with Crippen LogP contribution < -0.4 is 4.74 Å². The first-order valence-corrected chi connectivity index (χ1v) is 10.7. The Labute approximate surface area is 185 Å². The highest BCUT2D eigenvalue weighted by Gasteiger charge is 2.33. The third kappa shape index (κ3) is 3.96. The lowest BCUT2D eigenvalue weighted by Gasteiger charge is -2.22. The number of hydrogen-bond acceptors (Lipinski definition) is 4. The third-order valence-corrected chi connectivity index (χ3v) is 5.86. The van der Waals surface area contributed by atoms with Gasteiger partial charge in [-0.3, -0.25) is 4.79 Å². The van der Waals surface area contributed by atoms with Crippen molar-refractivity contribution in [2.24, 2.45) is 0 Å². The first-order valence-electron chi connectivity index (χ1n) is 10.7. The zero-order chi connectivity index (χ0) is 22.1. The van der Waals surface area contributed by atoms with Crippen molar-refractivity contribution >= 4 is 17.0 Å². The smallest absolute Gasteiger partial charge is 0.261 e. The maximum absolute atomic E-state index is 13.6. The number of likely N-dealkylation sites (tertiary alicyclic amines) is 1. The Morgan fingerprint density at radius 3 is 2.72 bits per heavy atom. The van der Waals surface area contributed by atoms with Gasteiger partial charge in [0.2, 0.25) is 5.89 Å². The van der Waals surface area contributed by atoms with E-state index in [2.05, 4.69) is 0 Å². The van der Waals surface area contributed by atoms with Gasteiger partial charge in [0.05, 0.1) is 0 Å². The van der Waals surface area contributed by atoms with Crippen LogP contribution in [0.5, 0.6) is 5.75 Å². The number of carbonyl (C=O) groups is 1. The van der Waals surface area contributed by atoms with Crippen molar-refractivity contribution in [1.82, 2.24) is 9.88 Å². The number of rotatable bonds is 5. The molecular weight excluding hydrogens is 407 g/mol. The second-order valence-corrected chi connectivity index (χ2v) is 8.05. The number of nitrogens with zero attached hydrogens (tertiary/aromatic N) is 2. The summed E-state index contributed by atoms with van der Waals surface area (Å²) in [5.41, 5.74) is 3.85. The molecule has 0 saturated carbocycles. The molecule has 32 heavy (non-hydrogen) atoms. The highest BCUT2D eigenvalue weighted by atomic mass is 19.1. The second-order valence-electron chi connectivity index (χ2n) is 8.05. The number of aromatic nitrogens is 1. The zero-order valence-electron chi connectivity index (χ0n) is 17.8. The summed E-state index contributed by atoms with van der Waals surface area (Å²) in [5.74, 6) is 0.905. The predicted octanol–water partition coefficient (Wildman–Crippen LogP) is 5.68. The van der Waals surface area contributed by atoms with Gasteiger partial charge in [-0.1, -0.05) is 30.3 Å². The quantitative estimate of drug-likeness (QED) is 0.408. The number of para-hydroxylation sites is 1. The van der Waals surface area contributed by atoms with Crippen LogP contribution in [0, 0.1) is 12.7 Å². The standard InChI is InChI=1S/C26H23FN2O3/c1-17-14-18(9-11-21(17)27)19-10-12-24-22(15-19)28-26(32-24)23-8-5-13-29(23)25(30)16-31-20-6-3-2-4-7-20/h2-4,6-7,9-12,14-15,23H,5,8,13,16H2,1H3/t23-/m0/s1. The molecule has 0 spiro atoms. The summed E-state index contributed by atoms with van der Waals surface area (Å²) in [5, 5.41) is 0. The molecule has 6 heteroatoms. The maximum atomic E-state index is 13.6. The van der Waals surface area contributed by atoms with Gasteiger partial charge >= 0.3 is 0 Å². The topological polar surface area (TPSA) is 55.6 Å². The van der Waals surface area contributed by atoms with Crippen LogP contribution in [0.25, 0.3) is 22.2 Å². The Bertz CT molecular complexity index is 1270. The van der Waals surface area contributed by atoms with Gasteiger partial charge in [-0.05, 0) is 72.9 Å². The van der Waals surface area contributed by atoms with E-state index in [1.54, 1.807) is 17.9 Å². The fourth-order valence-corrected chi connectivity index (χ4v) is 4.16. The molecular formula is C26H23FN2O3. The molecule has 1 aliphatic heterocycles. The predicted molar refractivity (Wildman–Crippen MR) is 120 cm³/mol. The molecule has 1 fully saturated rings. The highest BCUT2D eigenvalue weighted by molar-refractivity contribution is 5.81. The van der Waals surface area contributed by atoms with Crippen LogP contribution in [-0.2, 0) is 4.79 Å². The van der Waals surface area contributed by atoms with E-state index in [0.29, 0.717) is 29.3 Å². The van der Waals surface area contributed by atoms with Crippen molar-refractivity contribution in [1.29, 1.82) is 0 Å². The summed E-state index contributed by atoms with van der Waals surface area (Å²) in [7, 11) is 0. The van der Waals surface area contributed by atoms with Gasteiger partial charge in [0, 0.05) is 6.54 Å². The summed E-state index contributed by atoms with van der Waals surface area (Å²) < 4.78 is 25.3. The van der Waals surface area contributed by atoms with Crippen LogP contribution in [0.4, 0.5) is 4.39 Å². The van der Waals surface area contributed by atoms with E-state index < -0.39 is 0 Å². The molecule has 2 heterocycles. The van der Waals surface area contributed by atoms with Crippen molar-refractivity contribution in [3.05, 3.63) is 84.0 Å². The molecule has 1 atom stereocenters. The Balaban J connectivity index is 1.36. The third-order valence-electron chi connectivity index (χ3n) is 5.86. The van der Waals surface area contributed by atoms with Gasteiger partial charge in [0.15, 0.2) is 12.2 Å². The summed E-state index contributed by atoms with van der Waals surface area (Å²) >= 11 is 0. The number of hydrogen-bond donors (Lipinski definition) is 0. The van der Waals surface area contributed by atoms with E-state index in [4.69, 9.17) is 14.1 Å². The van der Waals surface area contributed by atoms with Crippen molar-refractivity contribution in [2.45, 2.75) is 25.8 Å². The number of aryl methyl sites for hydroxylation is 1. The van der Waals surface area contributed by atoms with Crippen LogP contribution in [0.3, 0.4) is 0 Å². The van der Waals surface area contributed by atoms with Crippen molar-refractivity contribution in [2.75, 3.05) is 13.2 Å². The van der Waals surface area contributed by atoms with Crippen LogP contribution in [0.1, 0.15) is 30.3 Å². The molecule has 1 saturated heterocycles. The SMILES string of the molecule is Cc1cc(-c2ccc3oc([C@@H]4CCCN4C(=O)COc4ccccc4)nc3c2)ccc1F. The molecule has 5 nitrogen and oxygen atoms in total. The normalized spacial score (nSPS) is 15.9. The molecule has 1 amide bonds. The van der Waals surface area contributed by atoms with Crippen molar-refractivity contribution in [3.8, 4) is 16.9 Å². The number of fused-ring (bicyclic) bond motifs is 1. The maximum Gasteiger partial charge on any atom is 0.261 e. The minimum Gasteiger partial charge on any atom is -0.484 e. The Hall–Kier alpha value is -3.67. The summed E-state index contributed by atoms with van der Waals surface area (Å²) in [6.07, 6.45) is 1.69. The van der Waals surface area contributed by atoms with E-state index in [9.17, 15) is 9.18 Å². The van der Waals surface area contributed by atoms with Gasteiger partial charge in [0.1, 0.15) is 23.1 Å². The minimum atomic E-state index is -0.221. The fourth-order valence-electron chi connectivity index (χ4n) is 4.16. The average molecular weight is 430 g/mol. The van der Waals surface area contributed by atoms with Gasteiger partial charge in [0.25, 0.3) is 5.91 Å². The molecule has 1 aliphatic rings. The lowest BCUT2D eigenvalue weighted by atomic mass is 10.0. The first-order chi connectivity index (χ1) is 15.6. The Morgan fingerprint density at radius 1 is 1.12 bits per heavy atom. The largest absolute Gasteiger partial charge is 0.484 e. The first kappa shape index (κ1) is 20.2. The lowest BCUT2D eigenvalue weighted by Crippen LogP contribution is -2.34. The molecule has 0 unspecified atom stereocenters. The van der Waals surface area contributed by atoms with Crippen LogP contribution in [0.15, 0.2) is 71.1 Å². The van der Waals surface area contributed by atoms with E-state index in [0.717, 1.165) is 29.5 Å². The van der Waals surface area contributed by atoms with Gasteiger partial charge < -0.3 is 14.1 Å². The van der Waals surface area contributed by atoms with E-state index in [1.807, 2.05) is 54.6 Å². The molecule has 0 radical (unpaired) electrons. The van der Waals surface area contributed by atoms with E-state index >= 15 is 0 Å². The highest BCUT2D eigenvalue weighted by Crippen LogP contribution is 2.34. The number of ether oxygens (including phenoxy) is 1. The summed E-state index contributed by atoms with van der Waals surface area (Å²) in [6.45, 7) is 2.38. The number of oxazole rings is 1. The molecule has 0 aliphatic carbocycles. The average Bonchev–Trinajstić information content (AvgIpc) is 3.46. The van der Waals surface area contributed by atoms with Crippen LogP contribution >= 0.6 is 0 Å². The monoisotopic (exact) mass is 430 g/mol. The zero-order valence-corrected chi connectivity index (χ0v) is 17.8. The van der Waals surface area contributed by atoms with Crippen LogP contribution in [-0.4, -0.2) is 28.9 Å². The van der Waals surface area contributed by atoms with Crippen molar-refractivity contribution < 1.29 is 18.3 Å². The minimum absolute atomic E-state index is 0.0190. The molecule has 0 N–H and O–H groups in total. The lowest BCUT2D eigenvalue weighted by molar-refractivity contribution is -0.134. The molecule has 162 valence electrons. The summed E-state index contributed by atoms with van der Waals surface area (Å²) in [4.78, 5) is 19.3. The number of benzene rings is 3. The molecule has 1 aromatic heterocycles. The van der Waals surface area contributed by atoms with Crippen molar-refractivity contribution in [3.63, 3.8) is 0 Å². The Morgan fingerprint density at radius 2 is 1.91 bits per heavy atom. The van der Waals surface area contributed by atoms with Gasteiger partial charge in [-0.25, -0.2) is 9.37 Å². The Kier molecular flexibility index (Phi) is 5.35. The molecule has 5 rings (SSSR count). The summed E-state index contributed by atoms with van der Waals surface area (Å²) in [6, 6.07) is 19.9. The van der Waals surface area contributed by atoms with E-state index in [1.165, 1.54) is 6.07 Å². The number of amides is 1. The second kappa shape index (κ2) is 8.46. The molecule has 0 bridgehead atoms.